The zero-order chi connectivity index (χ0) is 18.0. The molecule has 6 nitrogen and oxygen atoms in total. The van der Waals surface area contributed by atoms with Crippen molar-refractivity contribution in [2.45, 2.75) is 18.7 Å². The van der Waals surface area contributed by atoms with Gasteiger partial charge in [-0.25, -0.2) is 18.4 Å². The summed E-state index contributed by atoms with van der Waals surface area (Å²) < 4.78 is 27.5. The number of aromatic hydroxyl groups is 1. The molecule has 0 spiro atoms. The molecule has 0 saturated heterocycles. The average molecular weight is 355 g/mol. The fraction of sp³-hybridized carbons (Fsp3) is 0.111. The van der Waals surface area contributed by atoms with Crippen LogP contribution in [0.4, 0.5) is 5.69 Å². The van der Waals surface area contributed by atoms with Gasteiger partial charge in [-0.2, -0.15) is 0 Å². The van der Waals surface area contributed by atoms with Crippen molar-refractivity contribution in [3.8, 4) is 17.1 Å². The van der Waals surface area contributed by atoms with Crippen LogP contribution >= 0.6 is 0 Å². The van der Waals surface area contributed by atoms with Crippen LogP contribution in [0.15, 0.2) is 59.8 Å². The van der Waals surface area contributed by atoms with Crippen molar-refractivity contribution in [1.29, 1.82) is 0 Å². The summed E-state index contributed by atoms with van der Waals surface area (Å²) in [7, 11) is -3.71. The number of hydrogen-bond donors (Lipinski definition) is 2. The quantitative estimate of drug-likeness (QED) is 0.749. The Morgan fingerprint density at radius 2 is 1.72 bits per heavy atom. The highest BCUT2D eigenvalue weighted by Crippen LogP contribution is 2.22. The van der Waals surface area contributed by atoms with E-state index in [0.29, 0.717) is 17.0 Å². The van der Waals surface area contributed by atoms with Gasteiger partial charge in [-0.1, -0.05) is 29.8 Å². The van der Waals surface area contributed by atoms with E-state index < -0.39 is 10.0 Å². The number of phenols is 1. The third kappa shape index (κ3) is 3.77. The van der Waals surface area contributed by atoms with Crippen LogP contribution in [0.1, 0.15) is 11.1 Å². The molecule has 0 radical (unpaired) electrons. The zero-order valence-corrected chi connectivity index (χ0v) is 14.6. The van der Waals surface area contributed by atoms with Crippen molar-refractivity contribution in [2.24, 2.45) is 0 Å². The number of anilines is 1. The molecule has 0 aliphatic rings. The molecule has 0 saturated carbocycles. The molecule has 0 bridgehead atoms. The van der Waals surface area contributed by atoms with E-state index in [2.05, 4.69) is 14.7 Å². The summed E-state index contributed by atoms with van der Waals surface area (Å²) in [5.74, 6) is 0.506. The Morgan fingerprint density at radius 3 is 2.36 bits per heavy atom. The summed E-state index contributed by atoms with van der Waals surface area (Å²) >= 11 is 0. The summed E-state index contributed by atoms with van der Waals surface area (Å²) in [6.45, 7) is 3.66. The number of nitrogens with one attached hydrogen (secondary N) is 1. The maximum absolute atomic E-state index is 12.5. The smallest absolute Gasteiger partial charge is 0.262 e. The zero-order valence-electron chi connectivity index (χ0n) is 13.8. The molecular weight excluding hydrogens is 338 g/mol. The van der Waals surface area contributed by atoms with E-state index >= 15 is 0 Å². The Hall–Kier alpha value is -2.93. The van der Waals surface area contributed by atoms with Crippen molar-refractivity contribution >= 4 is 15.7 Å². The number of phenolic OH excluding ortho intramolecular Hbond substituents is 1. The van der Waals surface area contributed by atoms with Crippen LogP contribution in [-0.2, 0) is 10.0 Å². The van der Waals surface area contributed by atoms with Gasteiger partial charge in [-0.15, -0.1) is 0 Å². The van der Waals surface area contributed by atoms with Crippen LogP contribution in [-0.4, -0.2) is 23.5 Å². The highest BCUT2D eigenvalue weighted by atomic mass is 32.2. The predicted molar refractivity (Wildman–Crippen MR) is 95.9 cm³/mol. The number of hydrogen-bond acceptors (Lipinski definition) is 5. The first-order chi connectivity index (χ1) is 11.8. The molecule has 0 unspecified atom stereocenters. The van der Waals surface area contributed by atoms with Gasteiger partial charge >= 0.3 is 0 Å². The maximum atomic E-state index is 12.5. The van der Waals surface area contributed by atoms with E-state index in [1.807, 2.05) is 13.0 Å². The van der Waals surface area contributed by atoms with Crippen LogP contribution in [0.5, 0.6) is 5.75 Å². The largest absolute Gasteiger partial charge is 0.508 e. The molecule has 0 amide bonds. The third-order valence-corrected chi connectivity index (χ3v) is 5.17. The summed E-state index contributed by atoms with van der Waals surface area (Å²) in [4.78, 5) is 8.53. The molecule has 0 aliphatic carbocycles. The summed E-state index contributed by atoms with van der Waals surface area (Å²) in [6, 6.07) is 11.7. The number of aryl methyl sites for hydroxylation is 2. The minimum atomic E-state index is -3.71. The second-order valence-electron chi connectivity index (χ2n) is 5.72. The molecule has 0 atom stereocenters. The van der Waals surface area contributed by atoms with E-state index in [9.17, 15) is 13.5 Å². The lowest BCUT2D eigenvalue weighted by molar-refractivity contribution is 0.475. The van der Waals surface area contributed by atoms with Crippen LogP contribution in [0.2, 0.25) is 0 Å². The first-order valence-corrected chi connectivity index (χ1v) is 9.05. The molecule has 0 fully saturated rings. The van der Waals surface area contributed by atoms with Crippen LogP contribution in [0.25, 0.3) is 11.4 Å². The lowest BCUT2D eigenvalue weighted by Gasteiger charge is -2.11. The Balaban J connectivity index is 1.85. The normalized spacial score (nSPS) is 11.3. The minimum absolute atomic E-state index is 0.112. The minimum Gasteiger partial charge on any atom is -0.508 e. The molecule has 1 aromatic heterocycles. The fourth-order valence-corrected chi connectivity index (χ4v) is 3.74. The van der Waals surface area contributed by atoms with Crippen molar-refractivity contribution in [3.05, 3.63) is 66.0 Å². The van der Waals surface area contributed by atoms with E-state index in [1.165, 1.54) is 18.5 Å². The molecule has 1 heterocycles. The fourth-order valence-electron chi connectivity index (χ4n) is 2.49. The van der Waals surface area contributed by atoms with Crippen LogP contribution < -0.4 is 4.72 Å². The molecule has 0 aliphatic heterocycles. The van der Waals surface area contributed by atoms with Crippen molar-refractivity contribution < 1.29 is 13.5 Å². The van der Waals surface area contributed by atoms with Crippen molar-refractivity contribution in [2.75, 3.05) is 4.72 Å². The number of benzene rings is 2. The third-order valence-electron chi connectivity index (χ3n) is 3.63. The predicted octanol–water partition coefficient (Wildman–Crippen LogP) is 3.27. The van der Waals surface area contributed by atoms with Gasteiger partial charge in [0.25, 0.3) is 10.0 Å². The van der Waals surface area contributed by atoms with Crippen LogP contribution in [0.3, 0.4) is 0 Å². The maximum Gasteiger partial charge on any atom is 0.262 e. The summed E-state index contributed by atoms with van der Waals surface area (Å²) in [6.07, 6.45) is 2.79. The lowest BCUT2D eigenvalue weighted by atomic mass is 10.2. The Kier molecular flexibility index (Phi) is 4.41. The molecule has 2 aromatic carbocycles. The van der Waals surface area contributed by atoms with Gasteiger partial charge < -0.3 is 5.11 Å². The molecule has 3 rings (SSSR count). The van der Waals surface area contributed by atoms with Crippen LogP contribution in [0, 0.1) is 13.8 Å². The number of rotatable bonds is 4. The first kappa shape index (κ1) is 16.9. The lowest BCUT2D eigenvalue weighted by Crippen LogP contribution is -2.14. The second-order valence-corrected chi connectivity index (χ2v) is 7.37. The number of aromatic nitrogens is 2. The van der Waals surface area contributed by atoms with E-state index in [-0.39, 0.29) is 16.3 Å². The molecule has 128 valence electrons. The van der Waals surface area contributed by atoms with E-state index in [4.69, 9.17) is 0 Å². The molecule has 2 N–H and O–H groups in total. The first-order valence-electron chi connectivity index (χ1n) is 7.57. The van der Waals surface area contributed by atoms with Gasteiger partial charge in [0, 0.05) is 5.56 Å². The molecule has 25 heavy (non-hydrogen) atoms. The Bertz CT molecular complexity index is 1020. The monoisotopic (exact) mass is 355 g/mol. The number of nitrogens with zero attached hydrogens (tertiary/aromatic N) is 2. The standard InChI is InChI=1S/C18H17N3O3S/c1-12-6-7-17(13(2)8-12)25(23,24)21-15-10-19-18(20-11-15)14-4-3-5-16(22)9-14/h3-11,21-22H,1-2H3. The van der Waals surface area contributed by atoms with E-state index in [0.717, 1.165) is 5.56 Å². The summed E-state index contributed by atoms with van der Waals surface area (Å²) in [5.41, 5.74) is 2.58. The molecular formula is C18H17N3O3S. The SMILES string of the molecule is Cc1ccc(S(=O)(=O)Nc2cnc(-c3cccc(O)c3)nc2)c(C)c1. The van der Waals surface area contributed by atoms with E-state index in [1.54, 1.807) is 37.3 Å². The van der Waals surface area contributed by atoms with Gasteiger partial charge in [-0.05, 0) is 37.6 Å². The van der Waals surface area contributed by atoms with Gasteiger partial charge in [0.05, 0.1) is 23.0 Å². The Labute approximate surface area is 146 Å². The number of sulfonamides is 1. The van der Waals surface area contributed by atoms with Gasteiger partial charge in [0.15, 0.2) is 5.82 Å². The highest BCUT2D eigenvalue weighted by Gasteiger charge is 2.17. The van der Waals surface area contributed by atoms with Crippen molar-refractivity contribution in [3.63, 3.8) is 0 Å². The summed E-state index contributed by atoms with van der Waals surface area (Å²) in [5, 5.41) is 9.51. The Morgan fingerprint density at radius 1 is 1.00 bits per heavy atom. The van der Waals surface area contributed by atoms with Gasteiger partial charge in [0.2, 0.25) is 0 Å². The molecule has 7 heteroatoms. The van der Waals surface area contributed by atoms with Crippen molar-refractivity contribution in [1.82, 2.24) is 9.97 Å². The topological polar surface area (TPSA) is 92.2 Å². The van der Waals surface area contributed by atoms with Gasteiger partial charge in [-0.3, -0.25) is 4.72 Å². The second kappa shape index (κ2) is 6.52. The van der Waals surface area contributed by atoms with Gasteiger partial charge in [0.1, 0.15) is 5.75 Å². The highest BCUT2D eigenvalue weighted by molar-refractivity contribution is 7.92. The molecule has 3 aromatic rings. The average Bonchev–Trinajstić information content (AvgIpc) is 2.54.